The van der Waals surface area contributed by atoms with Crippen molar-refractivity contribution < 1.29 is 13.9 Å². The summed E-state index contributed by atoms with van der Waals surface area (Å²) in [6.07, 6.45) is 2.20. The summed E-state index contributed by atoms with van der Waals surface area (Å²) in [6, 6.07) is 4.29. The lowest BCUT2D eigenvalue weighted by Crippen LogP contribution is -2.27. The highest BCUT2D eigenvalue weighted by Gasteiger charge is 2.19. The number of carbonyl (C=O) groups is 1. The van der Waals surface area contributed by atoms with Crippen LogP contribution in [0.25, 0.3) is 0 Å². The van der Waals surface area contributed by atoms with Gasteiger partial charge in [0.1, 0.15) is 4.47 Å². The minimum Gasteiger partial charge on any atom is -0.352 e. The number of carbonyl (C=O) groups excluding carboxylic acids is 1. The molecule has 1 rings (SSSR count). The molecule has 20 heavy (non-hydrogen) atoms. The highest BCUT2D eigenvalue weighted by molar-refractivity contribution is 9.10. The number of hydrogen-bond donors (Lipinski definition) is 1. The van der Waals surface area contributed by atoms with E-state index in [1.807, 2.05) is 6.92 Å². The maximum Gasteiger partial charge on any atom is 0.284 e. The Hall–Kier alpha value is -1.28. The molecule has 0 spiro atoms. The highest BCUT2D eigenvalue weighted by atomic mass is 79.9. The van der Waals surface area contributed by atoms with Gasteiger partial charge in [-0.1, -0.05) is 13.0 Å². The molecule has 0 aliphatic heterocycles. The van der Waals surface area contributed by atoms with Crippen LogP contribution in [0.5, 0.6) is 0 Å². The standard InChI is InChI=1S/C12H15BrN2O4S/c1-8(20(2)19)6-7-14-12(16)9-4-3-5-10(11(9)13)15(17)18/h3-5,8H,6-7H2,1-2H3,(H,14,16). The number of hydrogen-bond acceptors (Lipinski definition) is 4. The van der Waals surface area contributed by atoms with Gasteiger partial charge < -0.3 is 5.32 Å². The van der Waals surface area contributed by atoms with E-state index >= 15 is 0 Å². The number of halogens is 1. The number of nitrogens with zero attached hydrogens (tertiary/aromatic N) is 1. The number of nitro groups is 1. The van der Waals surface area contributed by atoms with Crippen molar-refractivity contribution in [1.82, 2.24) is 5.32 Å². The van der Waals surface area contributed by atoms with E-state index in [1.54, 1.807) is 6.26 Å². The second-order valence-corrected chi connectivity index (χ2v) is 6.84. The van der Waals surface area contributed by atoms with Crippen LogP contribution < -0.4 is 5.32 Å². The Morgan fingerprint density at radius 1 is 1.55 bits per heavy atom. The Bertz CT molecular complexity index is 550. The van der Waals surface area contributed by atoms with Gasteiger partial charge in [-0.05, 0) is 28.4 Å². The van der Waals surface area contributed by atoms with Crippen molar-refractivity contribution in [1.29, 1.82) is 0 Å². The summed E-state index contributed by atoms with van der Waals surface area (Å²) in [5.74, 6) is -0.394. The van der Waals surface area contributed by atoms with Crippen molar-refractivity contribution in [2.75, 3.05) is 12.8 Å². The Balaban J connectivity index is 2.71. The third kappa shape index (κ3) is 4.38. The maximum absolute atomic E-state index is 12.0. The van der Waals surface area contributed by atoms with Crippen LogP contribution in [0.3, 0.4) is 0 Å². The summed E-state index contributed by atoms with van der Waals surface area (Å²) in [5, 5.41) is 13.4. The molecule has 0 aliphatic carbocycles. The number of amides is 1. The normalized spacial score (nSPS) is 13.6. The predicted molar refractivity (Wildman–Crippen MR) is 81.3 cm³/mol. The molecule has 2 unspecified atom stereocenters. The van der Waals surface area contributed by atoms with Crippen molar-refractivity contribution in [3.8, 4) is 0 Å². The molecule has 0 fully saturated rings. The Kier molecular flexibility index (Phi) is 6.28. The van der Waals surface area contributed by atoms with Crippen LogP contribution in [0, 0.1) is 10.1 Å². The van der Waals surface area contributed by atoms with Gasteiger partial charge in [0.2, 0.25) is 0 Å². The quantitative estimate of drug-likeness (QED) is 0.620. The van der Waals surface area contributed by atoms with E-state index < -0.39 is 21.6 Å². The maximum atomic E-state index is 12.0. The molecule has 0 aromatic heterocycles. The molecule has 0 aliphatic rings. The van der Waals surface area contributed by atoms with Crippen LogP contribution in [-0.2, 0) is 10.8 Å². The topological polar surface area (TPSA) is 89.3 Å². The number of nitro benzene ring substituents is 1. The molecule has 0 saturated heterocycles. The fourth-order valence-electron chi connectivity index (χ4n) is 1.49. The van der Waals surface area contributed by atoms with E-state index in [0.717, 1.165) is 0 Å². The fraction of sp³-hybridized carbons (Fsp3) is 0.417. The van der Waals surface area contributed by atoms with Gasteiger partial charge in [-0.25, -0.2) is 0 Å². The zero-order valence-corrected chi connectivity index (χ0v) is 13.5. The third-order valence-electron chi connectivity index (χ3n) is 2.82. The van der Waals surface area contributed by atoms with Gasteiger partial charge in [-0.3, -0.25) is 19.1 Å². The monoisotopic (exact) mass is 362 g/mol. The lowest BCUT2D eigenvalue weighted by atomic mass is 10.2. The summed E-state index contributed by atoms with van der Waals surface area (Å²) >= 11 is 3.08. The minimum atomic E-state index is -0.934. The zero-order valence-electron chi connectivity index (χ0n) is 11.1. The van der Waals surface area contributed by atoms with Gasteiger partial charge in [0.25, 0.3) is 11.6 Å². The van der Waals surface area contributed by atoms with Crippen molar-refractivity contribution in [3.63, 3.8) is 0 Å². The van der Waals surface area contributed by atoms with Gasteiger partial charge in [-0.15, -0.1) is 0 Å². The molecule has 0 saturated carbocycles. The third-order valence-corrected chi connectivity index (χ3v) is 5.03. The van der Waals surface area contributed by atoms with E-state index in [-0.39, 0.29) is 21.0 Å². The van der Waals surface area contributed by atoms with E-state index in [0.29, 0.717) is 13.0 Å². The molecule has 1 aromatic rings. The van der Waals surface area contributed by atoms with Gasteiger partial charge in [0.05, 0.1) is 10.5 Å². The molecule has 2 atom stereocenters. The van der Waals surface area contributed by atoms with Crippen molar-refractivity contribution >= 4 is 38.3 Å². The molecule has 0 radical (unpaired) electrons. The number of benzene rings is 1. The van der Waals surface area contributed by atoms with Gasteiger partial charge in [-0.2, -0.15) is 0 Å². The molecule has 6 nitrogen and oxygen atoms in total. The van der Waals surface area contributed by atoms with Crippen molar-refractivity contribution in [2.45, 2.75) is 18.6 Å². The largest absolute Gasteiger partial charge is 0.352 e. The average molecular weight is 363 g/mol. The molecule has 1 aromatic carbocycles. The van der Waals surface area contributed by atoms with Crippen molar-refractivity contribution in [3.05, 3.63) is 38.3 Å². The number of nitrogens with one attached hydrogen (secondary N) is 1. The molecule has 110 valence electrons. The van der Waals surface area contributed by atoms with Crippen LogP contribution in [0.1, 0.15) is 23.7 Å². The van der Waals surface area contributed by atoms with E-state index in [9.17, 15) is 19.1 Å². The van der Waals surface area contributed by atoms with E-state index in [4.69, 9.17) is 0 Å². The van der Waals surface area contributed by atoms with Crippen LogP contribution >= 0.6 is 15.9 Å². The molecular formula is C12H15BrN2O4S. The first-order chi connectivity index (χ1) is 9.34. The fourth-order valence-corrected chi connectivity index (χ4v) is 2.53. The van der Waals surface area contributed by atoms with Crippen LogP contribution in [-0.4, -0.2) is 33.1 Å². The second kappa shape index (κ2) is 7.49. The molecule has 0 bridgehead atoms. The Morgan fingerprint density at radius 3 is 2.75 bits per heavy atom. The SMILES string of the molecule is CC(CCNC(=O)c1cccc([N+](=O)[O-])c1Br)S(C)=O. The lowest BCUT2D eigenvalue weighted by Gasteiger charge is -2.10. The summed E-state index contributed by atoms with van der Waals surface area (Å²) in [4.78, 5) is 22.2. The number of rotatable bonds is 6. The molecule has 1 N–H and O–H groups in total. The molecule has 0 heterocycles. The zero-order chi connectivity index (χ0) is 15.3. The molecule has 8 heteroatoms. The molecular weight excluding hydrogens is 348 g/mol. The van der Waals surface area contributed by atoms with Crippen LogP contribution in [0.4, 0.5) is 5.69 Å². The average Bonchev–Trinajstić information content (AvgIpc) is 2.38. The van der Waals surface area contributed by atoms with Crippen LogP contribution in [0.15, 0.2) is 22.7 Å². The summed E-state index contributed by atoms with van der Waals surface area (Å²) < 4.78 is 11.3. The smallest absolute Gasteiger partial charge is 0.284 e. The summed E-state index contributed by atoms with van der Waals surface area (Å²) in [5.41, 5.74) is 0.0603. The van der Waals surface area contributed by atoms with Gasteiger partial charge in [0, 0.05) is 34.9 Å². The predicted octanol–water partition coefficient (Wildman–Crippen LogP) is 2.24. The summed E-state index contributed by atoms with van der Waals surface area (Å²) in [7, 11) is -0.934. The lowest BCUT2D eigenvalue weighted by molar-refractivity contribution is -0.385. The van der Waals surface area contributed by atoms with E-state index in [1.165, 1.54) is 18.2 Å². The second-order valence-electron chi connectivity index (χ2n) is 4.25. The van der Waals surface area contributed by atoms with Gasteiger partial charge >= 0.3 is 0 Å². The van der Waals surface area contributed by atoms with Crippen LogP contribution in [0.2, 0.25) is 0 Å². The highest BCUT2D eigenvalue weighted by Crippen LogP contribution is 2.28. The molecule has 1 amide bonds. The minimum absolute atomic E-state index is 0.0103. The summed E-state index contributed by atoms with van der Waals surface area (Å²) in [6.45, 7) is 2.21. The van der Waals surface area contributed by atoms with E-state index in [2.05, 4.69) is 21.2 Å². The first-order valence-electron chi connectivity index (χ1n) is 5.88. The Labute approximate surface area is 127 Å². The first-order valence-corrected chi connectivity index (χ1v) is 8.29. The van der Waals surface area contributed by atoms with Gasteiger partial charge in [0.15, 0.2) is 0 Å². The van der Waals surface area contributed by atoms with Crippen molar-refractivity contribution in [2.24, 2.45) is 0 Å². The first kappa shape index (κ1) is 16.8. The Morgan fingerprint density at radius 2 is 2.20 bits per heavy atom.